The van der Waals surface area contributed by atoms with Crippen LogP contribution in [0, 0.1) is 0 Å². The van der Waals surface area contributed by atoms with E-state index in [1.54, 1.807) is 0 Å². The first-order valence-electron chi connectivity index (χ1n) is 3.44. The molecule has 1 aromatic carbocycles. The van der Waals surface area contributed by atoms with E-state index in [2.05, 4.69) is 28.6 Å². The van der Waals surface area contributed by atoms with Crippen molar-refractivity contribution < 1.29 is 4.79 Å². The molecule has 66 valence electrons. The van der Waals surface area contributed by atoms with Crippen molar-refractivity contribution in [3.63, 3.8) is 0 Å². The van der Waals surface area contributed by atoms with Gasteiger partial charge in [-0.2, -0.15) is 0 Å². The largest absolute Gasteiger partial charge is 0.300 e. The van der Waals surface area contributed by atoms with Crippen LogP contribution >= 0.6 is 28.6 Å². The number of halogens is 1. The number of carbonyl (C=O) groups excluding carboxylic acids is 1. The number of carbonyl (C=O) groups is 1. The third-order valence-electron chi connectivity index (χ3n) is 0.852. The summed E-state index contributed by atoms with van der Waals surface area (Å²) in [4.78, 5) is 10.4. The lowest BCUT2D eigenvalue weighted by molar-refractivity contribution is -0.114. The molecular weight excluding hydrogens is 236 g/mol. The summed E-state index contributed by atoms with van der Waals surface area (Å²) in [5.74, 6) is 0.167. The first-order valence-corrected chi connectivity index (χ1v) is 4.68. The van der Waals surface area contributed by atoms with Crippen LogP contribution in [0.3, 0.4) is 0 Å². The SMILES string of the molecule is CC(C)=O.Sc1ccccc1Br. The van der Waals surface area contributed by atoms with E-state index in [0.717, 1.165) is 9.37 Å². The number of hydrogen-bond donors (Lipinski definition) is 1. The average Bonchev–Trinajstić information content (AvgIpc) is 1.94. The van der Waals surface area contributed by atoms with Gasteiger partial charge >= 0.3 is 0 Å². The first kappa shape index (κ1) is 11.7. The lowest BCUT2D eigenvalue weighted by atomic mass is 10.4. The molecule has 1 nitrogen and oxygen atoms in total. The molecule has 0 saturated heterocycles. The maximum Gasteiger partial charge on any atom is 0.126 e. The van der Waals surface area contributed by atoms with Gasteiger partial charge in [0, 0.05) is 9.37 Å². The molecule has 0 aromatic heterocycles. The Labute approximate surface area is 86.7 Å². The Balaban J connectivity index is 0.000000261. The van der Waals surface area contributed by atoms with Gasteiger partial charge in [0.2, 0.25) is 0 Å². The molecule has 0 N–H and O–H groups in total. The molecule has 0 aliphatic carbocycles. The highest BCUT2D eigenvalue weighted by Gasteiger charge is 1.87. The highest BCUT2D eigenvalue weighted by Crippen LogP contribution is 2.18. The lowest BCUT2D eigenvalue weighted by Gasteiger charge is -1.90. The van der Waals surface area contributed by atoms with Crippen molar-refractivity contribution in [2.75, 3.05) is 0 Å². The molecule has 0 unspecified atom stereocenters. The van der Waals surface area contributed by atoms with Gasteiger partial charge in [-0.15, -0.1) is 12.6 Å². The zero-order valence-corrected chi connectivity index (χ0v) is 9.52. The number of ketones is 1. The fourth-order valence-corrected chi connectivity index (χ4v) is 0.897. The Hall–Kier alpha value is -0.280. The summed E-state index contributed by atoms with van der Waals surface area (Å²) in [6, 6.07) is 7.81. The second-order valence-corrected chi connectivity index (χ2v) is 3.70. The van der Waals surface area contributed by atoms with E-state index in [1.165, 1.54) is 13.8 Å². The third-order valence-corrected chi connectivity index (χ3v) is 2.24. The normalized spacial score (nSPS) is 8.33. The van der Waals surface area contributed by atoms with Gasteiger partial charge in [-0.3, -0.25) is 0 Å². The van der Waals surface area contributed by atoms with Crippen LogP contribution in [0.5, 0.6) is 0 Å². The van der Waals surface area contributed by atoms with Crippen molar-refractivity contribution in [2.24, 2.45) is 0 Å². The van der Waals surface area contributed by atoms with Crippen molar-refractivity contribution in [3.05, 3.63) is 28.7 Å². The van der Waals surface area contributed by atoms with E-state index in [9.17, 15) is 4.79 Å². The quantitative estimate of drug-likeness (QED) is 0.696. The van der Waals surface area contributed by atoms with Gasteiger partial charge in [0.25, 0.3) is 0 Å². The minimum absolute atomic E-state index is 0.167. The molecule has 3 heteroatoms. The summed E-state index contributed by atoms with van der Waals surface area (Å²) in [5.41, 5.74) is 0. The van der Waals surface area contributed by atoms with Gasteiger partial charge in [-0.1, -0.05) is 12.1 Å². The first-order chi connectivity index (χ1) is 5.54. The van der Waals surface area contributed by atoms with Gasteiger partial charge < -0.3 is 4.79 Å². The van der Waals surface area contributed by atoms with Gasteiger partial charge in [-0.25, -0.2) is 0 Å². The topological polar surface area (TPSA) is 17.1 Å². The predicted molar refractivity (Wildman–Crippen MR) is 57.7 cm³/mol. The number of benzene rings is 1. The molecule has 0 atom stereocenters. The van der Waals surface area contributed by atoms with Gasteiger partial charge in [0.15, 0.2) is 0 Å². The molecule has 12 heavy (non-hydrogen) atoms. The number of hydrogen-bond acceptors (Lipinski definition) is 2. The van der Waals surface area contributed by atoms with Crippen LogP contribution in [0.15, 0.2) is 33.6 Å². The van der Waals surface area contributed by atoms with Gasteiger partial charge in [0.05, 0.1) is 0 Å². The molecule has 0 aliphatic heterocycles. The molecule has 0 aliphatic rings. The maximum absolute atomic E-state index is 9.44. The molecular formula is C9H11BrOS. The van der Waals surface area contributed by atoms with Crippen LogP contribution in [-0.2, 0) is 4.79 Å². The fourth-order valence-electron chi connectivity index (χ4n) is 0.452. The number of rotatable bonds is 0. The van der Waals surface area contributed by atoms with Crippen molar-refractivity contribution in [2.45, 2.75) is 18.7 Å². The Bertz CT molecular complexity index is 235. The summed E-state index contributed by atoms with van der Waals surface area (Å²) in [7, 11) is 0. The molecule has 0 heterocycles. The van der Waals surface area contributed by atoms with Crippen LogP contribution in [0.1, 0.15) is 13.8 Å². The molecule has 1 rings (SSSR count). The van der Waals surface area contributed by atoms with Crippen molar-refractivity contribution in [3.8, 4) is 0 Å². The lowest BCUT2D eigenvalue weighted by Crippen LogP contribution is -1.69. The van der Waals surface area contributed by atoms with Crippen molar-refractivity contribution in [1.82, 2.24) is 0 Å². The zero-order valence-electron chi connectivity index (χ0n) is 7.04. The standard InChI is InChI=1S/C6H5BrS.C3H6O/c7-5-3-1-2-4-6(5)8;1-3(2)4/h1-4,8H;1-2H3. The number of thiol groups is 1. The Morgan fingerprint density at radius 3 is 2.00 bits per heavy atom. The van der Waals surface area contributed by atoms with Crippen LogP contribution in [-0.4, -0.2) is 5.78 Å². The van der Waals surface area contributed by atoms with Gasteiger partial charge in [-0.05, 0) is 41.9 Å². The Kier molecular flexibility index (Phi) is 6.11. The van der Waals surface area contributed by atoms with Crippen LogP contribution in [0.25, 0.3) is 0 Å². The highest BCUT2D eigenvalue weighted by atomic mass is 79.9. The summed E-state index contributed by atoms with van der Waals surface area (Å²) in [5, 5.41) is 0. The molecule has 0 amide bonds. The van der Waals surface area contributed by atoms with E-state index in [4.69, 9.17) is 0 Å². The highest BCUT2D eigenvalue weighted by molar-refractivity contribution is 9.10. The maximum atomic E-state index is 9.44. The fraction of sp³-hybridized carbons (Fsp3) is 0.222. The second-order valence-electron chi connectivity index (χ2n) is 2.36. The molecule has 0 bridgehead atoms. The van der Waals surface area contributed by atoms with Crippen LogP contribution in [0.4, 0.5) is 0 Å². The minimum Gasteiger partial charge on any atom is -0.300 e. The van der Waals surface area contributed by atoms with Gasteiger partial charge in [0.1, 0.15) is 5.78 Å². The van der Waals surface area contributed by atoms with E-state index >= 15 is 0 Å². The van der Waals surface area contributed by atoms with E-state index in [-0.39, 0.29) is 5.78 Å². The second kappa shape index (κ2) is 6.26. The average molecular weight is 247 g/mol. The summed E-state index contributed by atoms with van der Waals surface area (Å²) < 4.78 is 1.04. The smallest absolute Gasteiger partial charge is 0.126 e. The molecule has 0 spiro atoms. The van der Waals surface area contributed by atoms with E-state index in [0.29, 0.717) is 0 Å². The van der Waals surface area contributed by atoms with E-state index in [1.807, 2.05) is 24.3 Å². The summed E-state index contributed by atoms with van der Waals surface area (Å²) in [6.45, 7) is 3.06. The Morgan fingerprint density at radius 2 is 1.75 bits per heavy atom. The minimum atomic E-state index is 0.167. The monoisotopic (exact) mass is 246 g/mol. The van der Waals surface area contributed by atoms with Crippen LogP contribution in [0.2, 0.25) is 0 Å². The molecule has 0 radical (unpaired) electrons. The van der Waals surface area contributed by atoms with Crippen LogP contribution < -0.4 is 0 Å². The van der Waals surface area contributed by atoms with E-state index < -0.39 is 0 Å². The van der Waals surface area contributed by atoms with Crippen molar-refractivity contribution in [1.29, 1.82) is 0 Å². The Morgan fingerprint density at radius 1 is 1.33 bits per heavy atom. The predicted octanol–water partition coefficient (Wildman–Crippen LogP) is 3.33. The molecule has 1 aromatic rings. The molecule has 0 fully saturated rings. The van der Waals surface area contributed by atoms with Crippen molar-refractivity contribution >= 4 is 34.3 Å². The number of Topliss-reactive ketones (excluding diaryl/α,β-unsaturated/α-hetero) is 1. The third kappa shape index (κ3) is 6.43. The summed E-state index contributed by atoms with van der Waals surface area (Å²) >= 11 is 7.47. The molecule has 0 saturated carbocycles. The zero-order chi connectivity index (χ0) is 9.56. The summed E-state index contributed by atoms with van der Waals surface area (Å²) in [6.07, 6.45) is 0.